The number of aromatic hydroxyl groups is 1. The SMILES string of the molecule is Oc1ccccc1-c1nc(NCCc2ccccn2)c2ccccc2n1. The Kier molecular flexibility index (Phi) is 4.43. The van der Waals surface area contributed by atoms with Crippen LogP contribution in [0.15, 0.2) is 72.9 Å². The molecule has 0 atom stereocenters. The predicted molar refractivity (Wildman–Crippen MR) is 103 cm³/mol. The lowest BCUT2D eigenvalue weighted by molar-refractivity contribution is 0.477. The fourth-order valence-corrected chi connectivity index (χ4v) is 2.85. The molecule has 5 nitrogen and oxygen atoms in total. The number of fused-ring (bicyclic) bond motifs is 1. The lowest BCUT2D eigenvalue weighted by Crippen LogP contribution is -2.08. The van der Waals surface area contributed by atoms with E-state index in [1.54, 1.807) is 18.3 Å². The highest BCUT2D eigenvalue weighted by Crippen LogP contribution is 2.29. The summed E-state index contributed by atoms with van der Waals surface area (Å²) in [4.78, 5) is 13.6. The fraction of sp³-hybridized carbons (Fsp3) is 0.0952. The molecule has 0 fully saturated rings. The van der Waals surface area contributed by atoms with Gasteiger partial charge in [-0.2, -0.15) is 0 Å². The average Bonchev–Trinajstić information content (AvgIpc) is 2.69. The predicted octanol–water partition coefficient (Wildman–Crippen LogP) is 4.05. The van der Waals surface area contributed by atoms with Crippen LogP contribution in [-0.2, 0) is 6.42 Å². The molecule has 4 aromatic rings. The van der Waals surface area contributed by atoms with Gasteiger partial charge in [0.05, 0.1) is 11.1 Å². The quantitative estimate of drug-likeness (QED) is 0.572. The number of nitrogens with one attached hydrogen (secondary N) is 1. The number of phenols is 1. The van der Waals surface area contributed by atoms with E-state index >= 15 is 0 Å². The van der Waals surface area contributed by atoms with Crippen molar-refractivity contribution in [2.45, 2.75) is 6.42 Å². The molecule has 0 radical (unpaired) electrons. The third kappa shape index (κ3) is 3.32. The Balaban J connectivity index is 1.67. The second-order valence-corrected chi connectivity index (χ2v) is 5.93. The van der Waals surface area contributed by atoms with Crippen molar-refractivity contribution in [3.05, 3.63) is 78.6 Å². The van der Waals surface area contributed by atoms with E-state index in [2.05, 4.69) is 20.3 Å². The summed E-state index contributed by atoms with van der Waals surface area (Å²) in [6.07, 6.45) is 2.59. The Hall–Kier alpha value is -3.47. The van der Waals surface area contributed by atoms with Gasteiger partial charge < -0.3 is 10.4 Å². The van der Waals surface area contributed by atoms with Gasteiger partial charge in [0.25, 0.3) is 0 Å². The molecule has 0 bridgehead atoms. The largest absolute Gasteiger partial charge is 0.507 e. The molecule has 2 N–H and O–H groups in total. The van der Waals surface area contributed by atoms with Crippen LogP contribution in [0.3, 0.4) is 0 Å². The van der Waals surface area contributed by atoms with Crippen LogP contribution >= 0.6 is 0 Å². The van der Waals surface area contributed by atoms with Crippen molar-refractivity contribution < 1.29 is 5.11 Å². The minimum absolute atomic E-state index is 0.169. The number of benzene rings is 2. The third-order valence-corrected chi connectivity index (χ3v) is 4.15. The number of hydrogen-bond donors (Lipinski definition) is 2. The van der Waals surface area contributed by atoms with Gasteiger partial charge in [-0.3, -0.25) is 4.98 Å². The monoisotopic (exact) mass is 342 g/mol. The van der Waals surface area contributed by atoms with Crippen molar-refractivity contribution in [1.82, 2.24) is 15.0 Å². The molecule has 2 heterocycles. The maximum Gasteiger partial charge on any atom is 0.165 e. The zero-order chi connectivity index (χ0) is 17.8. The van der Waals surface area contributed by atoms with Crippen LogP contribution < -0.4 is 5.32 Å². The summed E-state index contributed by atoms with van der Waals surface area (Å²) in [6.45, 7) is 0.707. The van der Waals surface area contributed by atoms with E-state index in [4.69, 9.17) is 0 Å². The highest BCUT2D eigenvalue weighted by atomic mass is 16.3. The molecule has 0 saturated carbocycles. The van der Waals surface area contributed by atoms with Crippen LogP contribution in [0.1, 0.15) is 5.69 Å². The third-order valence-electron chi connectivity index (χ3n) is 4.15. The Labute approximate surface area is 151 Å². The van der Waals surface area contributed by atoms with E-state index < -0.39 is 0 Å². The minimum Gasteiger partial charge on any atom is -0.507 e. The number of hydrogen-bond acceptors (Lipinski definition) is 5. The van der Waals surface area contributed by atoms with Crippen LogP contribution in [0.4, 0.5) is 5.82 Å². The first-order valence-electron chi connectivity index (χ1n) is 8.50. The number of aromatic nitrogens is 3. The molecule has 0 saturated heterocycles. The molecular formula is C21H18N4O. The summed E-state index contributed by atoms with van der Waals surface area (Å²) < 4.78 is 0. The van der Waals surface area contributed by atoms with Gasteiger partial charge in [-0.25, -0.2) is 9.97 Å². The fourth-order valence-electron chi connectivity index (χ4n) is 2.85. The second-order valence-electron chi connectivity index (χ2n) is 5.93. The number of phenolic OH excluding ortho intramolecular Hbond substituents is 1. The van der Waals surface area contributed by atoms with Crippen LogP contribution in [0, 0.1) is 0 Å². The Bertz CT molecular complexity index is 1030. The van der Waals surface area contributed by atoms with Gasteiger partial charge in [-0.15, -0.1) is 0 Å². The van der Waals surface area contributed by atoms with Crippen molar-refractivity contribution >= 4 is 16.7 Å². The van der Waals surface area contributed by atoms with Crippen molar-refractivity contribution in [2.75, 3.05) is 11.9 Å². The topological polar surface area (TPSA) is 70.9 Å². The number of rotatable bonds is 5. The highest BCUT2D eigenvalue weighted by Gasteiger charge is 2.11. The zero-order valence-corrected chi connectivity index (χ0v) is 14.1. The van der Waals surface area contributed by atoms with Crippen LogP contribution in [0.25, 0.3) is 22.3 Å². The van der Waals surface area contributed by atoms with E-state index in [0.717, 1.165) is 28.8 Å². The van der Waals surface area contributed by atoms with Crippen LogP contribution in [-0.4, -0.2) is 26.6 Å². The van der Waals surface area contributed by atoms with Crippen molar-refractivity contribution in [1.29, 1.82) is 0 Å². The Morgan fingerprint density at radius 1 is 0.846 bits per heavy atom. The van der Waals surface area contributed by atoms with Gasteiger partial charge in [0.2, 0.25) is 0 Å². The van der Waals surface area contributed by atoms with E-state index in [1.807, 2.05) is 54.6 Å². The summed E-state index contributed by atoms with van der Waals surface area (Å²) in [7, 11) is 0. The lowest BCUT2D eigenvalue weighted by atomic mass is 10.1. The zero-order valence-electron chi connectivity index (χ0n) is 14.1. The Morgan fingerprint density at radius 3 is 2.50 bits per heavy atom. The number of pyridine rings is 1. The lowest BCUT2D eigenvalue weighted by Gasteiger charge is -2.11. The summed E-state index contributed by atoms with van der Waals surface area (Å²) in [5.41, 5.74) is 2.48. The molecule has 5 heteroatoms. The molecule has 0 amide bonds. The number of para-hydroxylation sites is 2. The van der Waals surface area contributed by atoms with Gasteiger partial charge in [0.1, 0.15) is 11.6 Å². The van der Waals surface area contributed by atoms with Gasteiger partial charge in [0.15, 0.2) is 5.82 Å². The highest BCUT2D eigenvalue weighted by molar-refractivity contribution is 5.90. The summed E-state index contributed by atoms with van der Waals surface area (Å²) in [6, 6.07) is 20.9. The van der Waals surface area contributed by atoms with Crippen molar-refractivity contribution in [2.24, 2.45) is 0 Å². The normalized spacial score (nSPS) is 10.8. The van der Waals surface area contributed by atoms with Gasteiger partial charge >= 0.3 is 0 Å². The van der Waals surface area contributed by atoms with Gasteiger partial charge in [-0.05, 0) is 36.4 Å². The number of nitrogens with zero attached hydrogens (tertiary/aromatic N) is 3. The Morgan fingerprint density at radius 2 is 1.65 bits per heavy atom. The van der Waals surface area contributed by atoms with Gasteiger partial charge in [-0.1, -0.05) is 30.3 Å². The van der Waals surface area contributed by atoms with Crippen molar-refractivity contribution in [3.8, 4) is 17.1 Å². The minimum atomic E-state index is 0.169. The molecule has 26 heavy (non-hydrogen) atoms. The first-order valence-corrected chi connectivity index (χ1v) is 8.50. The van der Waals surface area contributed by atoms with Crippen LogP contribution in [0.5, 0.6) is 5.75 Å². The second kappa shape index (κ2) is 7.19. The molecule has 0 unspecified atom stereocenters. The van der Waals surface area contributed by atoms with E-state index in [-0.39, 0.29) is 5.75 Å². The molecule has 0 spiro atoms. The maximum absolute atomic E-state index is 10.1. The average molecular weight is 342 g/mol. The first kappa shape index (κ1) is 16.0. The molecule has 4 rings (SSSR count). The summed E-state index contributed by atoms with van der Waals surface area (Å²) >= 11 is 0. The molecule has 2 aromatic carbocycles. The van der Waals surface area contributed by atoms with E-state index in [0.29, 0.717) is 17.9 Å². The summed E-state index contributed by atoms with van der Waals surface area (Å²) in [5, 5.41) is 14.5. The van der Waals surface area contributed by atoms with E-state index in [1.165, 1.54) is 0 Å². The molecular weight excluding hydrogens is 324 g/mol. The first-order chi connectivity index (χ1) is 12.8. The molecule has 128 valence electrons. The van der Waals surface area contributed by atoms with E-state index in [9.17, 15) is 5.11 Å². The standard InChI is InChI=1S/C21H18N4O/c26-19-11-4-2-9-17(19)21-24-18-10-3-1-8-16(18)20(25-21)23-14-12-15-7-5-6-13-22-15/h1-11,13,26H,12,14H2,(H,23,24,25). The maximum atomic E-state index is 10.1. The number of anilines is 1. The molecule has 0 aliphatic carbocycles. The molecule has 0 aliphatic rings. The molecule has 2 aromatic heterocycles. The van der Waals surface area contributed by atoms with Gasteiger partial charge in [0, 0.05) is 30.2 Å². The molecule has 0 aliphatic heterocycles. The van der Waals surface area contributed by atoms with Crippen LogP contribution in [0.2, 0.25) is 0 Å². The summed E-state index contributed by atoms with van der Waals surface area (Å²) in [5.74, 6) is 1.43. The van der Waals surface area contributed by atoms with Crippen molar-refractivity contribution in [3.63, 3.8) is 0 Å². The smallest absolute Gasteiger partial charge is 0.165 e.